The molecule has 1 aliphatic heterocycles. The molecule has 0 saturated carbocycles. The first-order valence-corrected chi connectivity index (χ1v) is 12.5. The van der Waals surface area contributed by atoms with Crippen molar-refractivity contribution in [3.05, 3.63) is 83.5 Å². The van der Waals surface area contributed by atoms with Gasteiger partial charge in [0.15, 0.2) is 0 Å². The molecule has 37 heavy (non-hydrogen) atoms. The van der Waals surface area contributed by atoms with Crippen molar-refractivity contribution in [1.82, 2.24) is 24.3 Å². The molecule has 3 heterocycles. The number of rotatable bonds is 10. The molecule has 8 nitrogen and oxygen atoms in total. The number of hydrogen-bond acceptors (Lipinski definition) is 7. The summed E-state index contributed by atoms with van der Waals surface area (Å²) in [4.78, 5) is 11.1. The summed E-state index contributed by atoms with van der Waals surface area (Å²) in [5.74, 6) is 1.56. The van der Waals surface area contributed by atoms with E-state index in [0.717, 1.165) is 61.7 Å². The molecule has 4 rings (SSSR count). The number of aromatic nitrogens is 2. The fourth-order valence-electron chi connectivity index (χ4n) is 4.43. The van der Waals surface area contributed by atoms with Crippen molar-refractivity contribution in [2.45, 2.75) is 13.5 Å². The lowest BCUT2D eigenvalue weighted by Crippen LogP contribution is -2.45. The Balaban J connectivity index is 1.51. The number of nitriles is 1. The number of fused-ring (bicyclic) bond motifs is 1. The highest BCUT2D eigenvalue weighted by Gasteiger charge is 2.18. The average Bonchev–Trinajstić information content (AvgIpc) is 3.33. The van der Waals surface area contributed by atoms with Crippen molar-refractivity contribution in [3.8, 4) is 11.8 Å². The van der Waals surface area contributed by atoms with Crippen molar-refractivity contribution in [2.75, 3.05) is 53.4 Å². The molecule has 0 spiro atoms. The van der Waals surface area contributed by atoms with Crippen LogP contribution < -0.4 is 4.74 Å². The average molecular weight is 498 g/mol. The van der Waals surface area contributed by atoms with E-state index in [2.05, 4.69) is 67.9 Å². The van der Waals surface area contributed by atoms with Crippen LogP contribution in [0.4, 0.5) is 0 Å². The molecule has 0 bridgehead atoms. The van der Waals surface area contributed by atoms with Crippen LogP contribution in [0.1, 0.15) is 23.6 Å². The molecule has 0 atom stereocenters. The van der Waals surface area contributed by atoms with Gasteiger partial charge >= 0.3 is 0 Å². The maximum absolute atomic E-state index is 9.64. The van der Waals surface area contributed by atoms with Gasteiger partial charge in [-0.2, -0.15) is 10.4 Å². The highest BCUT2D eigenvalue weighted by atomic mass is 16.5. The molecule has 8 heteroatoms. The molecular weight excluding hydrogens is 462 g/mol. The first-order valence-electron chi connectivity index (χ1n) is 12.5. The number of allylic oxidation sites excluding steroid dienone is 3. The summed E-state index contributed by atoms with van der Waals surface area (Å²) in [6.07, 6.45) is 7.46. The zero-order valence-corrected chi connectivity index (χ0v) is 22.0. The normalized spacial score (nSPS) is 15.3. The summed E-state index contributed by atoms with van der Waals surface area (Å²) in [6.45, 7) is 11.9. The minimum absolute atomic E-state index is 0.531. The van der Waals surface area contributed by atoms with Crippen molar-refractivity contribution < 1.29 is 4.74 Å². The van der Waals surface area contributed by atoms with E-state index in [-0.39, 0.29) is 0 Å². The van der Waals surface area contributed by atoms with Crippen LogP contribution in [0.3, 0.4) is 0 Å². The van der Waals surface area contributed by atoms with E-state index in [4.69, 9.17) is 4.74 Å². The second-order valence-electron chi connectivity index (χ2n) is 9.49. The van der Waals surface area contributed by atoms with E-state index in [1.165, 1.54) is 5.56 Å². The quantitative estimate of drug-likeness (QED) is 0.312. The zero-order valence-electron chi connectivity index (χ0n) is 22.0. The molecule has 0 amide bonds. The molecular formula is C29H35N7O. The molecule has 1 aromatic carbocycles. The Morgan fingerprint density at radius 2 is 1.95 bits per heavy atom. The maximum Gasteiger partial charge on any atom is 0.138 e. The van der Waals surface area contributed by atoms with Crippen LogP contribution in [0.15, 0.2) is 71.8 Å². The van der Waals surface area contributed by atoms with Crippen LogP contribution in [0.2, 0.25) is 0 Å². The number of benzene rings is 1. The van der Waals surface area contributed by atoms with Crippen LogP contribution in [0, 0.1) is 11.3 Å². The number of ether oxygens (including phenoxy) is 1. The Kier molecular flexibility index (Phi) is 8.72. The number of likely N-dealkylation sites (N-methyl/N-ethyl adjacent to an activating group) is 1. The number of aliphatic imine (C=N–C) groups is 1. The van der Waals surface area contributed by atoms with Gasteiger partial charge < -0.3 is 14.5 Å². The van der Waals surface area contributed by atoms with Gasteiger partial charge in [-0.05, 0) is 51.0 Å². The number of piperazine rings is 1. The first kappa shape index (κ1) is 26.1. The Bertz CT molecular complexity index is 1310. The summed E-state index contributed by atoms with van der Waals surface area (Å²) in [5.41, 5.74) is 4.53. The molecule has 192 valence electrons. The van der Waals surface area contributed by atoms with Crippen molar-refractivity contribution in [1.29, 1.82) is 5.26 Å². The first-order chi connectivity index (χ1) is 18.0. The topological polar surface area (TPSA) is 72.4 Å². The van der Waals surface area contributed by atoms with E-state index in [1.54, 1.807) is 10.7 Å². The largest absolute Gasteiger partial charge is 0.491 e. The molecule has 2 aromatic heterocycles. The van der Waals surface area contributed by atoms with Gasteiger partial charge in [-0.25, -0.2) is 9.51 Å². The Labute approximate surface area is 219 Å². The molecule has 0 aliphatic carbocycles. The van der Waals surface area contributed by atoms with E-state index < -0.39 is 0 Å². The van der Waals surface area contributed by atoms with Gasteiger partial charge in [-0.3, -0.25) is 4.90 Å². The molecule has 0 unspecified atom stereocenters. The summed E-state index contributed by atoms with van der Waals surface area (Å²) >= 11 is 0. The summed E-state index contributed by atoms with van der Waals surface area (Å²) in [7, 11) is 4.02. The van der Waals surface area contributed by atoms with Gasteiger partial charge in [0.2, 0.25) is 0 Å². The second kappa shape index (κ2) is 12.3. The third kappa shape index (κ3) is 6.64. The van der Waals surface area contributed by atoms with Gasteiger partial charge in [0.1, 0.15) is 24.2 Å². The minimum atomic E-state index is 0.531. The third-order valence-electron chi connectivity index (χ3n) is 6.53. The number of hydrogen-bond donors (Lipinski definition) is 0. The molecule has 0 N–H and O–H groups in total. The van der Waals surface area contributed by atoms with Gasteiger partial charge in [0.05, 0.1) is 23.5 Å². The lowest BCUT2D eigenvalue weighted by atomic mass is 10.0. The number of nitrogens with zero attached hydrogens (tertiary/aromatic N) is 7. The van der Waals surface area contributed by atoms with Gasteiger partial charge in [-0.15, -0.1) is 0 Å². The number of pyridine rings is 1. The minimum Gasteiger partial charge on any atom is -0.491 e. The second-order valence-corrected chi connectivity index (χ2v) is 9.49. The SMILES string of the molecule is C=N/C(=C\C=C(/C)c1cc(OCCN(C)C)cn2ncc(C#N)c12)N1CCN(Cc2ccccc2)CC1. The fourth-order valence-corrected chi connectivity index (χ4v) is 4.43. The van der Waals surface area contributed by atoms with Crippen LogP contribution in [-0.4, -0.2) is 84.5 Å². The third-order valence-corrected chi connectivity index (χ3v) is 6.53. The molecule has 1 fully saturated rings. The fraction of sp³-hybridized carbons (Fsp3) is 0.345. The predicted molar refractivity (Wildman–Crippen MR) is 149 cm³/mol. The van der Waals surface area contributed by atoms with Crippen LogP contribution >= 0.6 is 0 Å². The Morgan fingerprint density at radius 3 is 2.62 bits per heavy atom. The Hall–Kier alpha value is -3.93. The van der Waals surface area contributed by atoms with E-state index in [0.29, 0.717) is 17.9 Å². The van der Waals surface area contributed by atoms with Gasteiger partial charge in [-0.1, -0.05) is 36.4 Å². The summed E-state index contributed by atoms with van der Waals surface area (Å²) in [6, 6.07) is 14.8. The van der Waals surface area contributed by atoms with Crippen molar-refractivity contribution in [2.24, 2.45) is 4.99 Å². The molecule has 1 aliphatic rings. The zero-order chi connectivity index (χ0) is 26.2. The highest BCUT2D eigenvalue weighted by molar-refractivity contribution is 5.82. The van der Waals surface area contributed by atoms with Crippen molar-refractivity contribution in [3.63, 3.8) is 0 Å². The highest BCUT2D eigenvalue weighted by Crippen LogP contribution is 2.28. The van der Waals surface area contributed by atoms with Crippen molar-refractivity contribution >= 4 is 17.8 Å². The Morgan fingerprint density at radius 1 is 1.19 bits per heavy atom. The van der Waals surface area contributed by atoms with Gasteiger partial charge in [0.25, 0.3) is 0 Å². The predicted octanol–water partition coefficient (Wildman–Crippen LogP) is 3.91. The summed E-state index contributed by atoms with van der Waals surface area (Å²) in [5, 5.41) is 14.0. The molecule has 1 saturated heterocycles. The standard InChI is InChI=1S/C29H35N7O/c1-23(27-18-26(37-17-16-33(3)4)22-36-29(27)25(19-30)20-32-36)10-11-28(31-2)35-14-12-34(13-15-35)21-24-8-6-5-7-9-24/h5-11,18,20,22H,2,12-17,21H2,1,3-4H3/b23-10+,28-11+. The smallest absolute Gasteiger partial charge is 0.138 e. The van der Waals surface area contributed by atoms with Crippen LogP contribution in [0.25, 0.3) is 11.1 Å². The van der Waals surface area contributed by atoms with E-state index >= 15 is 0 Å². The lowest BCUT2D eigenvalue weighted by Gasteiger charge is -2.36. The summed E-state index contributed by atoms with van der Waals surface area (Å²) < 4.78 is 7.70. The van der Waals surface area contributed by atoms with E-state index in [9.17, 15) is 5.26 Å². The maximum atomic E-state index is 9.64. The monoisotopic (exact) mass is 497 g/mol. The van der Waals surface area contributed by atoms with Gasteiger partial charge in [0, 0.05) is 44.8 Å². The van der Waals surface area contributed by atoms with Crippen LogP contribution in [-0.2, 0) is 6.54 Å². The van der Waals surface area contributed by atoms with E-state index in [1.807, 2.05) is 45.4 Å². The molecule has 0 radical (unpaired) electrons. The van der Waals surface area contributed by atoms with Crippen LogP contribution in [0.5, 0.6) is 5.75 Å². The molecule has 3 aromatic rings. The lowest BCUT2D eigenvalue weighted by molar-refractivity contribution is 0.152.